The molecule has 1 saturated heterocycles. The highest BCUT2D eigenvalue weighted by molar-refractivity contribution is 7.10. The number of aliphatic imine (C=N–C) groups is 1. The van der Waals surface area contributed by atoms with E-state index < -0.39 is 0 Å². The van der Waals surface area contributed by atoms with Gasteiger partial charge in [-0.3, -0.25) is 9.89 Å². The SMILES string of the molecule is CCCCNC(=NC)NCC(c1cccs1)N1CCOCC1. The summed E-state index contributed by atoms with van der Waals surface area (Å²) >= 11 is 1.82. The van der Waals surface area contributed by atoms with Crippen molar-refractivity contribution < 1.29 is 4.74 Å². The minimum Gasteiger partial charge on any atom is -0.379 e. The van der Waals surface area contributed by atoms with Crippen molar-refractivity contribution >= 4 is 17.3 Å². The van der Waals surface area contributed by atoms with Gasteiger partial charge in [-0.1, -0.05) is 19.4 Å². The minimum absolute atomic E-state index is 0.383. The Morgan fingerprint density at radius 1 is 1.41 bits per heavy atom. The third-order valence-corrected chi connectivity index (χ3v) is 4.84. The van der Waals surface area contributed by atoms with Crippen LogP contribution in [0.2, 0.25) is 0 Å². The van der Waals surface area contributed by atoms with E-state index in [9.17, 15) is 0 Å². The summed E-state index contributed by atoms with van der Waals surface area (Å²) in [6.07, 6.45) is 2.36. The van der Waals surface area contributed by atoms with Crippen LogP contribution in [0.3, 0.4) is 0 Å². The van der Waals surface area contributed by atoms with E-state index in [0.29, 0.717) is 6.04 Å². The fraction of sp³-hybridized carbons (Fsp3) is 0.688. The van der Waals surface area contributed by atoms with Crippen LogP contribution in [-0.4, -0.2) is 57.3 Å². The Morgan fingerprint density at radius 2 is 2.23 bits per heavy atom. The largest absolute Gasteiger partial charge is 0.379 e. The Hall–Kier alpha value is -1.11. The van der Waals surface area contributed by atoms with Crippen molar-refractivity contribution in [2.75, 3.05) is 46.4 Å². The van der Waals surface area contributed by atoms with Gasteiger partial charge in [0.25, 0.3) is 0 Å². The van der Waals surface area contributed by atoms with Gasteiger partial charge in [0.05, 0.1) is 19.3 Å². The average molecular weight is 324 g/mol. The Labute approximate surface area is 137 Å². The van der Waals surface area contributed by atoms with Crippen molar-refractivity contribution in [3.05, 3.63) is 22.4 Å². The molecule has 22 heavy (non-hydrogen) atoms. The number of hydrogen-bond donors (Lipinski definition) is 2. The number of ether oxygens (including phenoxy) is 1. The standard InChI is InChI=1S/C16H28N4OS/c1-3-4-7-18-16(17-2)19-13-14(15-6-5-12-22-15)20-8-10-21-11-9-20/h5-6,12,14H,3-4,7-11,13H2,1-2H3,(H2,17,18,19). The number of hydrogen-bond acceptors (Lipinski definition) is 4. The molecule has 1 aromatic heterocycles. The van der Waals surface area contributed by atoms with Crippen LogP contribution in [-0.2, 0) is 4.74 Å². The first-order valence-electron chi connectivity index (χ1n) is 8.15. The molecule has 0 radical (unpaired) electrons. The molecule has 0 aliphatic carbocycles. The molecule has 0 spiro atoms. The number of unbranched alkanes of at least 4 members (excludes halogenated alkanes) is 1. The van der Waals surface area contributed by atoms with Gasteiger partial charge in [-0.2, -0.15) is 0 Å². The van der Waals surface area contributed by atoms with Crippen LogP contribution in [0.25, 0.3) is 0 Å². The second-order valence-corrected chi connectivity index (χ2v) is 6.39. The molecule has 0 saturated carbocycles. The smallest absolute Gasteiger partial charge is 0.191 e. The molecule has 5 nitrogen and oxygen atoms in total. The second-order valence-electron chi connectivity index (χ2n) is 5.41. The van der Waals surface area contributed by atoms with Crippen molar-refractivity contribution in [1.29, 1.82) is 0 Å². The molecule has 2 heterocycles. The lowest BCUT2D eigenvalue weighted by Crippen LogP contribution is -2.46. The highest BCUT2D eigenvalue weighted by Gasteiger charge is 2.23. The lowest BCUT2D eigenvalue weighted by Gasteiger charge is -2.34. The summed E-state index contributed by atoms with van der Waals surface area (Å²) in [6, 6.07) is 4.73. The van der Waals surface area contributed by atoms with Gasteiger partial charge < -0.3 is 15.4 Å². The molecular formula is C16H28N4OS. The van der Waals surface area contributed by atoms with Crippen LogP contribution in [0.4, 0.5) is 0 Å². The third-order valence-electron chi connectivity index (χ3n) is 3.87. The fourth-order valence-corrected chi connectivity index (χ4v) is 3.44. The van der Waals surface area contributed by atoms with Gasteiger partial charge in [-0.15, -0.1) is 11.3 Å². The Morgan fingerprint density at radius 3 is 2.86 bits per heavy atom. The van der Waals surface area contributed by atoms with Crippen LogP contribution in [0.1, 0.15) is 30.7 Å². The van der Waals surface area contributed by atoms with Gasteiger partial charge in [0.2, 0.25) is 0 Å². The highest BCUT2D eigenvalue weighted by atomic mass is 32.1. The van der Waals surface area contributed by atoms with E-state index in [2.05, 4.69) is 45.0 Å². The van der Waals surface area contributed by atoms with E-state index in [1.165, 1.54) is 17.7 Å². The predicted molar refractivity (Wildman–Crippen MR) is 93.7 cm³/mol. The maximum atomic E-state index is 5.48. The van der Waals surface area contributed by atoms with Crippen molar-refractivity contribution in [1.82, 2.24) is 15.5 Å². The first kappa shape index (κ1) is 17.2. The molecule has 1 unspecified atom stereocenters. The zero-order valence-corrected chi connectivity index (χ0v) is 14.5. The summed E-state index contributed by atoms with van der Waals surface area (Å²) in [6.45, 7) is 7.67. The molecule has 124 valence electrons. The van der Waals surface area contributed by atoms with Gasteiger partial charge >= 0.3 is 0 Å². The van der Waals surface area contributed by atoms with Crippen LogP contribution >= 0.6 is 11.3 Å². The van der Waals surface area contributed by atoms with Crippen molar-refractivity contribution in [3.8, 4) is 0 Å². The second kappa shape index (κ2) is 9.82. The molecule has 6 heteroatoms. The number of thiophene rings is 1. The zero-order chi connectivity index (χ0) is 15.6. The third kappa shape index (κ3) is 5.26. The normalized spacial score (nSPS) is 18.2. The lowest BCUT2D eigenvalue weighted by molar-refractivity contribution is 0.0177. The van der Waals surface area contributed by atoms with E-state index in [4.69, 9.17) is 4.74 Å². The number of morpholine rings is 1. The van der Waals surface area contributed by atoms with Crippen molar-refractivity contribution in [2.45, 2.75) is 25.8 Å². The van der Waals surface area contributed by atoms with E-state index in [1.54, 1.807) is 0 Å². The van der Waals surface area contributed by atoms with Gasteiger partial charge in [-0.25, -0.2) is 0 Å². The number of nitrogens with zero attached hydrogens (tertiary/aromatic N) is 2. The molecule has 2 N–H and O–H groups in total. The summed E-state index contributed by atoms with van der Waals surface area (Å²) in [5.41, 5.74) is 0. The van der Waals surface area contributed by atoms with Crippen molar-refractivity contribution in [2.24, 2.45) is 4.99 Å². The van der Waals surface area contributed by atoms with Gasteiger partial charge in [0.1, 0.15) is 0 Å². The monoisotopic (exact) mass is 324 g/mol. The molecule has 1 atom stereocenters. The predicted octanol–water partition coefficient (Wildman–Crippen LogP) is 2.09. The maximum Gasteiger partial charge on any atom is 0.191 e. The van der Waals surface area contributed by atoms with E-state index in [-0.39, 0.29) is 0 Å². The molecule has 0 aromatic carbocycles. The Balaban J connectivity index is 1.91. The molecule has 1 aromatic rings. The van der Waals surface area contributed by atoms with Gasteiger partial charge in [0, 0.05) is 38.1 Å². The summed E-state index contributed by atoms with van der Waals surface area (Å²) < 4.78 is 5.48. The highest BCUT2D eigenvalue weighted by Crippen LogP contribution is 2.25. The molecule has 1 aliphatic rings. The molecule has 0 bridgehead atoms. The molecule has 2 rings (SSSR count). The van der Waals surface area contributed by atoms with Crippen LogP contribution < -0.4 is 10.6 Å². The average Bonchev–Trinajstić information content (AvgIpc) is 3.09. The summed E-state index contributed by atoms with van der Waals surface area (Å²) in [5, 5.41) is 9.00. The molecule has 1 aliphatic heterocycles. The molecule has 0 amide bonds. The Kier molecular flexibility index (Phi) is 7.70. The summed E-state index contributed by atoms with van der Waals surface area (Å²) in [7, 11) is 1.83. The fourth-order valence-electron chi connectivity index (χ4n) is 2.58. The van der Waals surface area contributed by atoms with Crippen molar-refractivity contribution in [3.63, 3.8) is 0 Å². The van der Waals surface area contributed by atoms with E-state index in [0.717, 1.165) is 45.4 Å². The van der Waals surface area contributed by atoms with Gasteiger partial charge in [0.15, 0.2) is 5.96 Å². The number of guanidine groups is 1. The number of nitrogens with one attached hydrogen (secondary N) is 2. The number of rotatable bonds is 7. The van der Waals surface area contributed by atoms with Crippen LogP contribution in [0.15, 0.2) is 22.5 Å². The first-order valence-corrected chi connectivity index (χ1v) is 9.02. The van der Waals surface area contributed by atoms with E-state index in [1.807, 2.05) is 18.4 Å². The maximum absolute atomic E-state index is 5.48. The van der Waals surface area contributed by atoms with Crippen LogP contribution in [0, 0.1) is 0 Å². The van der Waals surface area contributed by atoms with Crippen LogP contribution in [0.5, 0.6) is 0 Å². The Bertz CT molecular complexity index is 429. The lowest BCUT2D eigenvalue weighted by atomic mass is 10.2. The van der Waals surface area contributed by atoms with E-state index >= 15 is 0 Å². The molecular weight excluding hydrogens is 296 g/mol. The van der Waals surface area contributed by atoms with Gasteiger partial charge in [-0.05, 0) is 17.9 Å². The molecule has 1 fully saturated rings. The quantitative estimate of drug-likeness (QED) is 0.458. The minimum atomic E-state index is 0.383. The zero-order valence-electron chi connectivity index (χ0n) is 13.7. The summed E-state index contributed by atoms with van der Waals surface area (Å²) in [5.74, 6) is 0.892. The first-order chi connectivity index (χ1) is 10.8. The topological polar surface area (TPSA) is 48.9 Å². The summed E-state index contributed by atoms with van der Waals surface area (Å²) in [4.78, 5) is 8.22.